The summed E-state index contributed by atoms with van der Waals surface area (Å²) in [5.74, 6) is 1.81. The third-order valence-electron chi connectivity index (χ3n) is 8.44. The smallest absolute Gasteiger partial charge is 0.335 e. The van der Waals surface area contributed by atoms with Crippen molar-refractivity contribution in [3.8, 4) is 0 Å². The van der Waals surface area contributed by atoms with Gasteiger partial charge in [0.05, 0.1) is 5.56 Å². The molecule has 0 aliphatic heterocycles. The van der Waals surface area contributed by atoms with Crippen molar-refractivity contribution in [1.82, 2.24) is 0 Å². The zero-order valence-electron chi connectivity index (χ0n) is 19.8. The number of nitrogens with one attached hydrogen (secondary N) is 2. The predicted octanol–water partition coefficient (Wildman–Crippen LogP) is 6.70. The first-order valence-electron chi connectivity index (χ1n) is 12.7. The largest absolute Gasteiger partial charge is 0.478 e. The summed E-state index contributed by atoms with van der Waals surface area (Å²) in [6, 6.07) is 23.0. The highest BCUT2D eigenvalue weighted by Crippen LogP contribution is 2.60. The Balaban J connectivity index is 1.14. The third-order valence-corrected chi connectivity index (χ3v) is 8.44. The molecule has 3 aromatic rings. The highest BCUT2D eigenvalue weighted by atomic mass is 16.4. The average Bonchev–Trinajstić information content (AvgIpc) is 2.84. The van der Waals surface area contributed by atoms with Gasteiger partial charge in [0, 0.05) is 22.6 Å². The van der Waals surface area contributed by atoms with E-state index in [4.69, 9.17) is 0 Å². The van der Waals surface area contributed by atoms with E-state index >= 15 is 0 Å². The lowest BCUT2D eigenvalue weighted by molar-refractivity contribution is -0.00518. The summed E-state index contributed by atoms with van der Waals surface area (Å²) in [4.78, 5) is 11.2. The van der Waals surface area contributed by atoms with Gasteiger partial charge < -0.3 is 20.8 Å². The molecular formula is C30H32N2O3. The molecule has 35 heavy (non-hydrogen) atoms. The molecule has 4 bridgehead atoms. The van der Waals surface area contributed by atoms with E-state index in [1.54, 1.807) is 18.2 Å². The monoisotopic (exact) mass is 468 g/mol. The molecule has 1 unspecified atom stereocenters. The van der Waals surface area contributed by atoms with Crippen LogP contribution in [0.25, 0.3) is 0 Å². The maximum atomic E-state index is 11.2. The minimum atomic E-state index is -0.962. The Labute approximate surface area is 206 Å². The summed E-state index contributed by atoms with van der Waals surface area (Å²) < 4.78 is 0. The van der Waals surface area contributed by atoms with Gasteiger partial charge in [-0.25, -0.2) is 4.79 Å². The summed E-state index contributed by atoms with van der Waals surface area (Å²) in [5, 5.41) is 26.5. The van der Waals surface area contributed by atoms with Crippen molar-refractivity contribution in [1.29, 1.82) is 0 Å². The van der Waals surface area contributed by atoms with Gasteiger partial charge in [-0.1, -0.05) is 30.3 Å². The minimum absolute atomic E-state index is 0.227. The van der Waals surface area contributed by atoms with Crippen LogP contribution in [0.3, 0.4) is 0 Å². The lowest BCUT2D eigenvalue weighted by Gasteiger charge is -2.57. The van der Waals surface area contributed by atoms with Crippen LogP contribution >= 0.6 is 0 Å². The number of benzene rings is 3. The van der Waals surface area contributed by atoms with E-state index in [0.717, 1.165) is 34.7 Å². The van der Waals surface area contributed by atoms with Crippen LogP contribution in [0.5, 0.6) is 0 Å². The molecule has 180 valence electrons. The summed E-state index contributed by atoms with van der Waals surface area (Å²) in [6.45, 7) is 0. The van der Waals surface area contributed by atoms with Crippen molar-refractivity contribution in [3.05, 3.63) is 89.5 Å². The van der Waals surface area contributed by atoms with Crippen molar-refractivity contribution in [2.75, 3.05) is 10.6 Å². The zero-order chi connectivity index (χ0) is 24.0. The van der Waals surface area contributed by atoms with Crippen molar-refractivity contribution in [3.63, 3.8) is 0 Å². The molecule has 1 atom stereocenters. The number of anilines is 3. The van der Waals surface area contributed by atoms with E-state index in [2.05, 4.69) is 34.9 Å². The fraction of sp³-hybridized carbons (Fsp3) is 0.367. The van der Waals surface area contributed by atoms with E-state index in [0.29, 0.717) is 11.1 Å². The normalized spacial score (nSPS) is 27.4. The van der Waals surface area contributed by atoms with Crippen molar-refractivity contribution >= 4 is 23.0 Å². The minimum Gasteiger partial charge on any atom is -0.478 e. The number of carboxylic acids is 1. The lowest BCUT2D eigenvalue weighted by atomic mass is 9.48. The van der Waals surface area contributed by atoms with E-state index < -0.39 is 12.2 Å². The molecule has 4 N–H and O–H groups in total. The van der Waals surface area contributed by atoms with Gasteiger partial charge in [-0.05, 0) is 110 Å². The zero-order valence-corrected chi connectivity index (χ0v) is 19.8. The first-order chi connectivity index (χ1) is 17.0. The maximum Gasteiger partial charge on any atom is 0.335 e. The highest BCUT2D eigenvalue weighted by Gasteiger charge is 2.51. The van der Waals surface area contributed by atoms with E-state index in [1.165, 1.54) is 44.1 Å². The van der Waals surface area contributed by atoms with Crippen molar-refractivity contribution in [2.24, 2.45) is 17.8 Å². The number of aliphatic hydroxyl groups is 1. The van der Waals surface area contributed by atoms with Crippen LogP contribution < -0.4 is 10.6 Å². The third kappa shape index (κ3) is 4.41. The van der Waals surface area contributed by atoms with Gasteiger partial charge in [0.1, 0.15) is 0 Å². The Hall–Kier alpha value is -3.31. The number of aromatic carboxylic acids is 1. The maximum absolute atomic E-state index is 11.2. The molecule has 4 aliphatic rings. The quantitative estimate of drug-likeness (QED) is 0.290. The topological polar surface area (TPSA) is 81.6 Å². The van der Waals surface area contributed by atoms with Crippen LogP contribution in [0.15, 0.2) is 72.8 Å². The molecule has 7 rings (SSSR count). The second-order valence-corrected chi connectivity index (χ2v) is 11.0. The van der Waals surface area contributed by atoms with Gasteiger partial charge >= 0.3 is 5.97 Å². The number of aliphatic hydroxyl groups excluding tert-OH is 1. The van der Waals surface area contributed by atoms with Crippen LogP contribution in [0.4, 0.5) is 17.1 Å². The summed E-state index contributed by atoms with van der Waals surface area (Å²) in [5.41, 5.74) is 5.18. The first-order valence-corrected chi connectivity index (χ1v) is 12.7. The van der Waals surface area contributed by atoms with E-state index in [9.17, 15) is 15.0 Å². The number of rotatable bonds is 7. The van der Waals surface area contributed by atoms with Gasteiger partial charge in [0.2, 0.25) is 0 Å². The Morgan fingerprint density at radius 3 is 2.03 bits per heavy atom. The molecule has 0 radical (unpaired) electrons. The molecule has 0 heterocycles. The molecule has 0 spiro atoms. The standard InChI is InChI=1S/C30H32N2O3/c33-28(22-3-1-5-26(14-22)31-27-6-2-4-23(15-27)29(34)35)32-25-9-7-24(8-10-25)30-16-19-11-20(17-30)13-21(12-19)18-30/h1-10,14-15,19-21,28,31-33H,11-13,16-18H2,(H,34,35). The number of hydrogen-bond acceptors (Lipinski definition) is 4. The Bertz CT molecular complexity index is 1200. The molecule has 0 saturated heterocycles. The number of carboxylic acid groups (broad SMARTS) is 1. The van der Waals surface area contributed by atoms with Gasteiger partial charge in [-0.15, -0.1) is 0 Å². The number of hydrogen-bond donors (Lipinski definition) is 4. The SMILES string of the molecule is O=C(O)c1cccc(Nc2cccc(C(O)Nc3ccc(C45CC6CC(CC(C6)C4)C5)cc3)c2)c1. The Morgan fingerprint density at radius 1 is 0.800 bits per heavy atom. The lowest BCUT2D eigenvalue weighted by Crippen LogP contribution is -2.48. The van der Waals surface area contributed by atoms with Gasteiger partial charge in [-0.2, -0.15) is 0 Å². The van der Waals surface area contributed by atoms with E-state index in [1.807, 2.05) is 30.3 Å². The fourth-order valence-corrected chi connectivity index (χ4v) is 7.31. The van der Waals surface area contributed by atoms with Crippen LogP contribution in [0.1, 0.15) is 66.2 Å². The van der Waals surface area contributed by atoms with Crippen LogP contribution in [-0.2, 0) is 5.41 Å². The van der Waals surface area contributed by atoms with Crippen LogP contribution in [0.2, 0.25) is 0 Å². The summed E-state index contributed by atoms with van der Waals surface area (Å²) in [6.07, 6.45) is 7.54. The second kappa shape index (κ2) is 8.72. The van der Waals surface area contributed by atoms with Gasteiger partial charge in [-0.3, -0.25) is 0 Å². The summed E-state index contributed by atoms with van der Waals surface area (Å²) in [7, 11) is 0. The van der Waals surface area contributed by atoms with Crippen LogP contribution in [0, 0.1) is 17.8 Å². The second-order valence-electron chi connectivity index (χ2n) is 11.0. The molecule has 4 fully saturated rings. The van der Waals surface area contributed by atoms with Crippen LogP contribution in [-0.4, -0.2) is 16.2 Å². The molecule has 4 aliphatic carbocycles. The molecule has 0 aromatic heterocycles. The Kier molecular flexibility index (Phi) is 5.53. The van der Waals surface area contributed by atoms with Crippen molar-refractivity contribution in [2.45, 2.75) is 50.2 Å². The molecule has 0 amide bonds. The van der Waals surface area contributed by atoms with Gasteiger partial charge in [0.15, 0.2) is 6.23 Å². The summed E-state index contributed by atoms with van der Waals surface area (Å²) >= 11 is 0. The van der Waals surface area contributed by atoms with E-state index in [-0.39, 0.29) is 5.56 Å². The predicted molar refractivity (Wildman–Crippen MR) is 138 cm³/mol. The number of carbonyl (C=O) groups is 1. The molecule has 5 heteroatoms. The molecule has 4 saturated carbocycles. The Morgan fingerprint density at radius 2 is 1.40 bits per heavy atom. The molecular weight excluding hydrogens is 436 g/mol. The highest BCUT2D eigenvalue weighted by molar-refractivity contribution is 5.89. The van der Waals surface area contributed by atoms with Crippen molar-refractivity contribution < 1.29 is 15.0 Å². The molecule has 5 nitrogen and oxygen atoms in total. The fourth-order valence-electron chi connectivity index (χ4n) is 7.31. The van der Waals surface area contributed by atoms with Gasteiger partial charge in [0.25, 0.3) is 0 Å². The first kappa shape index (κ1) is 22.2. The average molecular weight is 469 g/mol. The molecule has 3 aromatic carbocycles.